The molecule has 1 fully saturated rings. The first kappa shape index (κ1) is 18.1. The summed E-state index contributed by atoms with van der Waals surface area (Å²) in [6.07, 6.45) is 1.86. The van der Waals surface area contributed by atoms with E-state index in [4.69, 9.17) is 4.52 Å². The number of pyridine rings is 1. The van der Waals surface area contributed by atoms with E-state index in [0.717, 1.165) is 47.6 Å². The Morgan fingerprint density at radius 3 is 2.59 bits per heavy atom. The zero-order valence-electron chi connectivity index (χ0n) is 15.5. The van der Waals surface area contributed by atoms with Crippen molar-refractivity contribution >= 4 is 21.7 Å². The maximum atomic E-state index is 5.49. The number of aromatic nitrogens is 3. The van der Waals surface area contributed by atoms with Crippen LogP contribution in [0.2, 0.25) is 0 Å². The van der Waals surface area contributed by atoms with Crippen molar-refractivity contribution in [1.82, 2.24) is 20.0 Å². The minimum atomic E-state index is 0.663. The van der Waals surface area contributed by atoms with Crippen molar-refractivity contribution in [2.75, 3.05) is 31.1 Å². The summed E-state index contributed by atoms with van der Waals surface area (Å²) in [6, 6.07) is 10.2. The summed E-state index contributed by atoms with van der Waals surface area (Å²) in [5.74, 6) is 2.40. The van der Waals surface area contributed by atoms with Gasteiger partial charge in [-0.05, 0) is 47.0 Å². The molecule has 0 spiro atoms. The molecule has 0 aliphatic carbocycles. The van der Waals surface area contributed by atoms with Crippen LogP contribution in [0.25, 0.3) is 11.4 Å². The summed E-state index contributed by atoms with van der Waals surface area (Å²) in [5.41, 5.74) is 3.36. The molecule has 1 aliphatic heterocycles. The van der Waals surface area contributed by atoms with Crippen molar-refractivity contribution in [3.63, 3.8) is 0 Å². The molecule has 140 valence electrons. The van der Waals surface area contributed by atoms with Gasteiger partial charge in [-0.25, -0.2) is 4.98 Å². The summed E-state index contributed by atoms with van der Waals surface area (Å²) >= 11 is 3.48. The maximum absolute atomic E-state index is 5.49. The molecule has 4 rings (SSSR count). The largest absolute Gasteiger partial charge is 0.354 e. The number of anilines is 1. The highest BCUT2D eigenvalue weighted by atomic mass is 79.9. The van der Waals surface area contributed by atoms with E-state index in [1.54, 1.807) is 0 Å². The molecule has 3 aromatic rings. The van der Waals surface area contributed by atoms with Crippen molar-refractivity contribution in [3.8, 4) is 11.4 Å². The SMILES string of the molecule is Cc1ccccc1-c1noc(CN2CCN(c3ncc(Br)cc3C)CC2)n1. The molecule has 0 amide bonds. The molecule has 3 heterocycles. The number of aryl methyl sites for hydroxylation is 2. The predicted octanol–water partition coefficient (Wildman–Crippen LogP) is 3.83. The van der Waals surface area contributed by atoms with Crippen LogP contribution >= 0.6 is 15.9 Å². The van der Waals surface area contributed by atoms with E-state index in [1.807, 2.05) is 24.4 Å². The molecule has 0 N–H and O–H groups in total. The van der Waals surface area contributed by atoms with E-state index in [9.17, 15) is 0 Å². The molecular weight excluding hydrogens is 406 g/mol. The zero-order valence-corrected chi connectivity index (χ0v) is 17.1. The second kappa shape index (κ2) is 7.78. The van der Waals surface area contributed by atoms with Gasteiger partial charge >= 0.3 is 0 Å². The van der Waals surface area contributed by atoms with Crippen molar-refractivity contribution in [1.29, 1.82) is 0 Å². The fourth-order valence-electron chi connectivity index (χ4n) is 3.43. The fourth-order valence-corrected chi connectivity index (χ4v) is 3.87. The van der Waals surface area contributed by atoms with Gasteiger partial charge in [0.2, 0.25) is 11.7 Å². The van der Waals surface area contributed by atoms with Gasteiger partial charge in [-0.1, -0.05) is 29.4 Å². The smallest absolute Gasteiger partial charge is 0.241 e. The molecule has 7 heteroatoms. The van der Waals surface area contributed by atoms with Gasteiger partial charge in [0.15, 0.2) is 0 Å². The van der Waals surface area contributed by atoms with E-state index in [-0.39, 0.29) is 0 Å². The Morgan fingerprint density at radius 2 is 1.85 bits per heavy atom. The number of piperazine rings is 1. The predicted molar refractivity (Wildman–Crippen MR) is 109 cm³/mol. The van der Waals surface area contributed by atoms with Gasteiger partial charge in [-0.15, -0.1) is 0 Å². The van der Waals surface area contributed by atoms with Gasteiger partial charge < -0.3 is 9.42 Å². The van der Waals surface area contributed by atoms with Gasteiger partial charge in [-0.3, -0.25) is 4.90 Å². The van der Waals surface area contributed by atoms with Gasteiger partial charge in [0.1, 0.15) is 5.82 Å². The summed E-state index contributed by atoms with van der Waals surface area (Å²) < 4.78 is 6.50. The van der Waals surface area contributed by atoms with Gasteiger partial charge in [0.05, 0.1) is 6.54 Å². The molecular formula is C20H22BrN5O. The Balaban J connectivity index is 1.38. The third-order valence-corrected chi connectivity index (χ3v) is 5.34. The number of halogens is 1. The normalized spacial score (nSPS) is 15.3. The van der Waals surface area contributed by atoms with Gasteiger partial charge in [0, 0.05) is 42.4 Å². The molecule has 0 radical (unpaired) electrons. The lowest BCUT2D eigenvalue weighted by Gasteiger charge is -2.35. The Bertz CT molecular complexity index is 934. The first-order valence-corrected chi connectivity index (χ1v) is 9.87. The lowest BCUT2D eigenvalue weighted by atomic mass is 10.1. The molecule has 27 heavy (non-hydrogen) atoms. The summed E-state index contributed by atoms with van der Waals surface area (Å²) in [6.45, 7) is 8.61. The quantitative estimate of drug-likeness (QED) is 0.630. The second-order valence-corrected chi connectivity index (χ2v) is 7.80. The van der Waals surface area contributed by atoms with E-state index >= 15 is 0 Å². The number of rotatable bonds is 4. The van der Waals surface area contributed by atoms with Crippen LogP contribution in [-0.2, 0) is 6.54 Å². The topological polar surface area (TPSA) is 58.3 Å². The Kier molecular flexibility index (Phi) is 5.22. The Hall–Kier alpha value is -2.25. The zero-order chi connectivity index (χ0) is 18.8. The van der Waals surface area contributed by atoms with Crippen LogP contribution in [0.3, 0.4) is 0 Å². The van der Waals surface area contributed by atoms with Crippen LogP contribution in [0.15, 0.2) is 45.5 Å². The van der Waals surface area contributed by atoms with E-state index in [1.165, 1.54) is 5.56 Å². The molecule has 6 nitrogen and oxygen atoms in total. The molecule has 0 saturated carbocycles. The van der Waals surface area contributed by atoms with Crippen molar-refractivity contribution < 1.29 is 4.52 Å². The van der Waals surface area contributed by atoms with Crippen molar-refractivity contribution in [2.45, 2.75) is 20.4 Å². The number of hydrogen-bond acceptors (Lipinski definition) is 6. The van der Waals surface area contributed by atoms with Crippen LogP contribution in [0.1, 0.15) is 17.0 Å². The summed E-state index contributed by atoms with van der Waals surface area (Å²) in [5, 5.41) is 4.16. The average molecular weight is 428 g/mol. The Labute approximate surface area is 167 Å². The molecule has 1 aromatic carbocycles. The fraction of sp³-hybridized carbons (Fsp3) is 0.350. The first-order valence-electron chi connectivity index (χ1n) is 9.08. The molecule has 0 bridgehead atoms. The van der Waals surface area contributed by atoms with Crippen molar-refractivity contribution in [2.24, 2.45) is 0 Å². The van der Waals surface area contributed by atoms with E-state index in [0.29, 0.717) is 18.3 Å². The second-order valence-electron chi connectivity index (χ2n) is 6.88. The lowest BCUT2D eigenvalue weighted by Crippen LogP contribution is -2.46. The van der Waals surface area contributed by atoms with Crippen LogP contribution in [0.4, 0.5) is 5.82 Å². The third-order valence-electron chi connectivity index (χ3n) is 4.90. The monoisotopic (exact) mass is 427 g/mol. The highest BCUT2D eigenvalue weighted by Crippen LogP contribution is 2.23. The van der Waals surface area contributed by atoms with Gasteiger partial charge in [-0.2, -0.15) is 4.98 Å². The molecule has 0 atom stereocenters. The number of nitrogens with zero attached hydrogens (tertiary/aromatic N) is 5. The van der Waals surface area contributed by atoms with E-state index in [2.05, 4.69) is 66.8 Å². The van der Waals surface area contributed by atoms with Crippen LogP contribution in [0.5, 0.6) is 0 Å². The molecule has 1 aliphatic rings. The average Bonchev–Trinajstić information content (AvgIpc) is 3.11. The highest BCUT2D eigenvalue weighted by Gasteiger charge is 2.21. The minimum absolute atomic E-state index is 0.663. The van der Waals surface area contributed by atoms with Crippen molar-refractivity contribution in [3.05, 3.63) is 58.0 Å². The van der Waals surface area contributed by atoms with E-state index < -0.39 is 0 Å². The minimum Gasteiger partial charge on any atom is -0.354 e. The Morgan fingerprint density at radius 1 is 1.07 bits per heavy atom. The highest BCUT2D eigenvalue weighted by molar-refractivity contribution is 9.10. The number of benzene rings is 1. The van der Waals surface area contributed by atoms with Crippen LogP contribution in [-0.4, -0.2) is 46.2 Å². The maximum Gasteiger partial charge on any atom is 0.241 e. The first-order chi connectivity index (χ1) is 13.1. The molecule has 2 aromatic heterocycles. The standard InChI is InChI=1S/C20H22BrN5O/c1-14-5-3-4-6-17(14)19-23-18(27-24-19)13-25-7-9-26(10-8-25)20-15(2)11-16(21)12-22-20/h3-6,11-12H,7-10,13H2,1-2H3. The van der Waals surface area contributed by atoms with Gasteiger partial charge in [0.25, 0.3) is 0 Å². The summed E-state index contributed by atoms with van der Waals surface area (Å²) in [7, 11) is 0. The van der Waals surface area contributed by atoms with Crippen LogP contribution in [0, 0.1) is 13.8 Å². The lowest BCUT2D eigenvalue weighted by molar-refractivity contribution is 0.215. The summed E-state index contributed by atoms with van der Waals surface area (Å²) in [4.78, 5) is 13.8. The molecule has 0 unspecified atom stereocenters. The van der Waals surface area contributed by atoms with Crippen LogP contribution < -0.4 is 4.90 Å². The number of hydrogen-bond donors (Lipinski definition) is 0. The molecule has 1 saturated heterocycles. The third kappa shape index (κ3) is 4.04.